The van der Waals surface area contributed by atoms with Gasteiger partial charge in [-0.2, -0.15) is 0 Å². The highest BCUT2D eigenvalue weighted by Crippen LogP contribution is 2.23. The summed E-state index contributed by atoms with van der Waals surface area (Å²) in [4.78, 5) is 11.7. The molecule has 0 bridgehead atoms. The van der Waals surface area contributed by atoms with Crippen molar-refractivity contribution >= 4 is 6.03 Å². The molecule has 0 aromatic heterocycles. The lowest BCUT2D eigenvalue weighted by Gasteiger charge is -2.23. The molecule has 0 radical (unpaired) electrons. The summed E-state index contributed by atoms with van der Waals surface area (Å²) in [6.45, 7) is 1.28. The molecule has 0 aliphatic carbocycles. The summed E-state index contributed by atoms with van der Waals surface area (Å²) < 4.78 is 45.5. The first kappa shape index (κ1) is 16.4. The molecule has 0 spiro atoms. The van der Waals surface area contributed by atoms with E-state index in [9.17, 15) is 18.0 Å². The summed E-state index contributed by atoms with van der Waals surface area (Å²) in [7, 11) is 0. The van der Waals surface area contributed by atoms with Gasteiger partial charge in [0, 0.05) is 13.2 Å². The quantitative estimate of drug-likeness (QED) is 0.897. The predicted molar refractivity (Wildman–Crippen MR) is 72.3 cm³/mol. The number of benzene rings is 1. The normalized spacial score (nSPS) is 18.6. The van der Waals surface area contributed by atoms with Crippen LogP contribution in [0.15, 0.2) is 24.3 Å². The molecule has 0 saturated carbocycles. The van der Waals surface area contributed by atoms with E-state index in [1.807, 2.05) is 0 Å². The molecule has 1 fully saturated rings. The number of alkyl halides is 3. The second-order valence-corrected chi connectivity index (χ2v) is 4.94. The highest BCUT2D eigenvalue weighted by atomic mass is 19.4. The van der Waals surface area contributed by atoms with Crippen molar-refractivity contribution < 1.29 is 27.4 Å². The number of amides is 2. The molecule has 5 nitrogen and oxygen atoms in total. The third-order valence-corrected chi connectivity index (χ3v) is 3.08. The van der Waals surface area contributed by atoms with Crippen LogP contribution < -0.4 is 15.4 Å². The molecule has 0 unspecified atom stereocenters. The van der Waals surface area contributed by atoms with Gasteiger partial charge in [-0.05, 0) is 30.5 Å². The molecule has 1 aliphatic heterocycles. The van der Waals surface area contributed by atoms with Crippen molar-refractivity contribution in [2.24, 2.45) is 0 Å². The maximum atomic E-state index is 12.1. The zero-order chi connectivity index (χ0) is 16.0. The zero-order valence-electron chi connectivity index (χ0n) is 11.8. The molecule has 2 amide bonds. The van der Waals surface area contributed by atoms with Crippen LogP contribution in [0.2, 0.25) is 0 Å². The molecule has 2 rings (SSSR count). The Kier molecular flexibility index (Phi) is 5.48. The van der Waals surface area contributed by atoms with Gasteiger partial charge in [0.2, 0.25) is 0 Å². The lowest BCUT2D eigenvalue weighted by molar-refractivity contribution is -0.274. The van der Waals surface area contributed by atoms with Gasteiger partial charge in [-0.15, -0.1) is 13.2 Å². The van der Waals surface area contributed by atoms with Crippen LogP contribution in [-0.4, -0.2) is 31.6 Å². The molecular weight excluding hydrogens is 301 g/mol. The Morgan fingerprint density at radius 2 is 2.23 bits per heavy atom. The maximum Gasteiger partial charge on any atom is 0.573 e. The molecule has 1 heterocycles. The van der Waals surface area contributed by atoms with Crippen LogP contribution in [0.1, 0.15) is 18.4 Å². The summed E-state index contributed by atoms with van der Waals surface area (Å²) in [5.41, 5.74) is 0.511. The van der Waals surface area contributed by atoms with E-state index in [0.717, 1.165) is 12.8 Å². The number of hydrogen-bond acceptors (Lipinski definition) is 3. The van der Waals surface area contributed by atoms with Crippen molar-refractivity contribution in [3.05, 3.63) is 29.8 Å². The number of carbonyl (C=O) groups excluding carboxylic acids is 1. The van der Waals surface area contributed by atoms with E-state index in [1.165, 1.54) is 18.2 Å². The smallest absolute Gasteiger partial charge is 0.406 e. The van der Waals surface area contributed by atoms with Gasteiger partial charge in [0.05, 0.1) is 12.6 Å². The number of hydrogen-bond donors (Lipinski definition) is 2. The average Bonchev–Trinajstić information content (AvgIpc) is 2.45. The number of ether oxygens (including phenoxy) is 2. The van der Waals surface area contributed by atoms with E-state index in [0.29, 0.717) is 18.8 Å². The maximum absolute atomic E-state index is 12.1. The Bertz CT molecular complexity index is 502. The lowest BCUT2D eigenvalue weighted by Crippen LogP contribution is -2.45. The fourth-order valence-electron chi connectivity index (χ4n) is 2.13. The minimum absolute atomic E-state index is 0.0337. The SMILES string of the molecule is O=C(NCc1cccc(OC(F)(F)F)c1)N[C@@H]1CCCOC1. The van der Waals surface area contributed by atoms with E-state index in [1.54, 1.807) is 6.07 Å². The summed E-state index contributed by atoms with van der Waals surface area (Å²) >= 11 is 0. The van der Waals surface area contributed by atoms with Gasteiger partial charge >= 0.3 is 12.4 Å². The van der Waals surface area contributed by atoms with E-state index >= 15 is 0 Å². The fourth-order valence-corrected chi connectivity index (χ4v) is 2.13. The highest BCUT2D eigenvalue weighted by molar-refractivity contribution is 5.74. The van der Waals surface area contributed by atoms with Gasteiger partial charge in [-0.3, -0.25) is 0 Å². The summed E-state index contributed by atoms with van der Waals surface area (Å²) in [6.07, 6.45) is -2.99. The van der Waals surface area contributed by atoms with Gasteiger partial charge in [0.25, 0.3) is 0 Å². The molecule has 1 saturated heterocycles. The standard InChI is InChI=1S/C14H17F3N2O3/c15-14(16,17)22-12-5-1-3-10(7-12)8-18-13(20)19-11-4-2-6-21-9-11/h1,3,5,7,11H,2,4,6,8-9H2,(H2,18,19,20)/t11-/m1/s1. The highest BCUT2D eigenvalue weighted by Gasteiger charge is 2.31. The molecular formula is C14H17F3N2O3. The summed E-state index contributed by atoms with van der Waals surface area (Å²) in [6, 6.07) is 5.07. The number of rotatable bonds is 4. The van der Waals surface area contributed by atoms with Crippen LogP contribution in [-0.2, 0) is 11.3 Å². The van der Waals surface area contributed by atoms with Crippen LogP contribution in [0.4, 0.5) is 18.0 Å². The van der Waals surface area contributed by atoms with Crippen molar-refractivity contribution in [1.29, 1.82) is 0 Å². The lowest BCUT2D eigenvalue weighted by atomic mass is 10.1. The number of carbonyl (C=O) groups is 1. The van der Waals surface area contributed by atoms with E-state index < -0.39 is 6.36 Å². The van der Waals surface area contributed by atoms with E-state index in [4.69, 9.17) is 4.74 Å². The van der Waals surface area contributed by atoms with Gasteiger partial charge in [-0.1, -0.05) is 12.1 Å². The van der Waals surface area contributed by atoms with Crippen molar-refractivity contribution in [3.8, 4) is 5.75 Å². The van der Waals surface area contributed by atoms with Gasteiger partial charge in [0.15, 0.2) is 0 Å². The number of nitrogens with one attached hydrogen (secondary N) is 2. The molecule has 1 aromatic carbocycles. The summed E-state index contributed by atoms with van der Waals surface area (Å²) in [5.74, 6) is -0.312. The zero-order valence-corrected chi connectivity index (χ0v) is 11.8. The second kappa shape index (κ2) is 7.35. The van der Waals surface area contributed by atoms with Gasteiger partial charge in [0.1, 0.15) is 5.75 Å². The Morgan fingerprint density at radius 3 is 2.91 bits per heavy atom. The third kappa shape index (κ3) is 5.80. The fraction of sp³-hybridized carbons (Fsp3) is 0.500. The van der Waals surface area contributed by atoms with Crippen molar-refractivity contribution in [1.82, 2.24) is 10.6 Å². The van der Waals surface area contributed by atoms with E-state index in [-0.39, 0.29) is 24.4 Å². The largest absolute Gasteiger partial charge is 0.573 e. The first-order valence-corrected chi connectivity index (χ1v) is 6.89. The molecule has 8 heteroatoms. The van der Waals surface area contributed by atoms with E-state index in [2.05, 4.69) is 15.4 Å². The van der Waals surface area contributed by atoms with Crippen LogP contribution in [0.25, 0.3) is 0 Å². The van der Waals surface area contributed by atoms with Gasteiger partial charge in [-0.25, -0.2) is 4.79 Å². The predicted octanol–water partition coefficient (Wildman–Crippen LogP) is 2.56. The molecule has 22 heavy (non-hydrogen) atoms. The summed E-state index contributed by atoms with van der Waals surface area (Å²) in [5, 5.41) is 5.35. The molecule has 1 aromatic rings. The van der Waals surface area contributed by atoms with Crippen molar-refractivity contribution in [2.75, 3.05) is 13.2 Å². The average molecular weight is 318 g/mol. The first-order valence-electron chi connectivity index (χ1n) is 6.89. The Labute approximate surface area is 125 Å². The van der Waals surface area contributed by atoms with Crippen LogP contribution >= 0.6 is 0 Å². The topological polar surface area (TPSA) is 59.6 Å². The molecule has 1 atom stereocenters. The molecule has 122 valence electrons. The van der Waals surface area contributed by atoms with Crippen LogP contribution in [0.3, 0.4) is 0 Å². The minimum atomic E-state index is -4.73. The Hall–Kier alpha value is -1.96. The second-order valence-electron chi connectivity index (χ2n) is 4.94. The number of halogens is 3. The molecule has 1 aliphatic rings. The first-order chi connectivity index (χ1) is 10.4. The van der Waals surface area contributed by atoms with Crippen LogP contribution in [0, 0.1) is 0 Å². The third-order valence-electron chi connectivity index (χ3n) is 3.08. The monoisotopic (exact) mass is 318 g/mol. The van der Waals surface area contributed by atoms with Crippen molar-refractivity contribution in [2.45, 2.75) is 31.8 Å². The Morgan fingerprint density at radius 1 is 1.41 bits per heavy atom. The minimum Gasteiger partial charge on any atom is -0.406 e. The van der Waals surface area contributed by atoms with Gasteiger partial charge < -0.3 is 20.1 Å². The Balaban J connectivity index is 1.80. The molecule has 2 N–H and O–H groups in total. The number of urea groups is 1. The van der Waals surface area contributed by atoms with Crippen LogP contribution in [0.5, 0.6) is 5.75 Å². The van der Waals surface area contributed by atoms with Crippen molar-refractivity contribution in [3.63, 3.8) is 0 Å².